The first-order valence-electron chi connectivity index (χ1n) is 10.7. The average molecular weight is 467 g/mol. The number of ether oxygens (including phenoxy) is 1. The van der Waals surface area contributed by atoms with Crippen LogP contribution in [0.2, 0.25) is 0 Å². The third-order valence-corrected chi connectivity index (χ3v) is 7.41. The minimum absolute atomic E-state index is 0.0202. The van der Waals surface area contributed by atoms with E-state index in [1.165, 1.54) is 0 Å². The smallest absolute Gasteiger partial charge is 0.223 e. The Hall–Kier alpha value is -3.46. The molecule has 0 spiro atoms. The molecule has 0 radical (unpaired) electrons. The van der Waals surface area contributed by atoms with Crippen molar-refractivity contribution < 1.29 is 17.9 Å². The number of benzene rings is 2. The van der Waals surface area contributed by atoms with E-state index < -0.39 is 9.84 Å². The Labute approximate surface area is 193 Å². The molecular formula is C24H26N4O4S. The van der Waals surface area contributed by atoms with Gasteiger partial charge in [0.1, 0.15) is 5.75 Å². The molecule has 3 aromatic rings. The number of rotatable bonds is 7. The Balaban J connectivity index is 1.29. The van der Waals surface area contributed by atoms with E-state index in [0.29, 0.717) is 26.2 Å². The molecule has 0 bridgehead atoms. The fourth-order valence-corrected chi connectivity index (χ4v) is 4.97. The summed E-state index contributed by atoms with van der Waals surface area (Å²) in [6.07, 6.45) is -0.0202. The molecule has 2 aromatic carbocycles. The number of hydrogen-bond donors (Lipinski definition) is 0. The van der Waals surface area contributed by atoms with Crippen molar-refractivity contribution in [1.29, 1.82) is 0 Å². The van der Waals surface area contributed by atoms with Crippen LogP contribution in [-0.2, 0) is 14.6 Å². The maximum absolute atomic E-state index is 12.6. The van der Waals surface area contributed by atoms with Crippen molar-refractivity contribution in [3.63, 3.8) is 0 Å². The van der Waals surface area contributed by atoms with Gasteiger partial charge in [0.05, 0.1) is 23.5 Å². The molecular weight excluding hydrogens is 440 g/mol. The number of piperazine rings is 1. The van der Waals surface area contributed by atoms with E-state index in [4.69, 9.17) is 4.74 Å². The molecule has 4 rings (SSSR count). The van der Waals surface area contributed by atoms with Crippen molar-refractivity contribution in [3.8, 4) is 17.0 Å². The van der Waals surface area contributed by atoms with Gasteiger partial charge in [-0.1, -0.05) is 18.2 Å². The zero-order chi connectivity index (χ0) is 23.3. The fourth-order valence-electron chi connectivity index (χ4n) is 3.72. The number of aromatic nitrogens is 2. The highest BCUT2D eigenvalue weighted by molar-refractivity contribution is 7.91. The van der Waals surface area contributed by atoms with Gasteiger partial charge in [0.2, 0.25) is 5.91 Å². The van der Waals surface area contributed by atoms with Crippen LogP contribution in [-0.4, -0.2) is 68.5 Å². The lowest BCUT2D eigenvalue weighted by Gasteiger charge is -2.35. The summed E-state index contributed by atoms with van der Waals surface area (Å²) in [4.78, 5) is 16.6. The van der Waals surface area contributed by atoms with Crippen LogP contribution in [0.15, 0.2) is 71.6 Å². The van der Waals surface area contributed by atoms with Crippen molar-refractivity contribution in [3.05, 3.63) is 66.7 Å². The molecule has 1 saturated heterocycles. The summed E-state index contributed by atoms with van der Waals surface area (Å²) >= 11 is 0. The van der Waals surface area contributed by atoms with Crippen molar-refractivity contribution >= 4 is 21.6 Å². The van der Waals surface area contributed by atoms with Crippen molar-refractivity contribution in [1.82, 2.24) is 15.1 Å². The van der Waals surface area contributed by atoms with Crippen molar-refractivity contribution in [2.24, 2.45) is 0 Å². The molecule has 0 unspecified atom stereocenters. The van der Waals surface area contributed by atoms with Gasteiger partial charge in [0, 0.05) is 38.2 Å². The van der Waals surface area contributed by atoms with Crippen LogP contribution in [0.5, 0.6) is 5.75 Å². The van der Waals surface area contributed by atoms with E-state index in [0.717, 1.165) is 22.8 Å². The number of methoxy groups -OCH3 is 1. The second kappa shape index (κ2) is 9.99. The summed E-state index contributed by atoms with van der Waals surface area (Å²) in [7, 11) is -1.83. The average Bonchev–Trinajstić information content (AvgIpc) is 2.88. The third kappa shape index (κ3) is 5.48. The molecule has 1 aromatic heterocycles. The van der Waals surface area contributed by atoms with Crippen LogP contribution in [0, 0.1) is 0 Å². The van der Waals surface area contributed by atoms with E-state index in [1.807, 2.05) is 36.4 Å². The Kier molecular flexibility index (Phi) is 6.88. The van der Waals surface area contributed by atoms with Crippen LogP contribution in [0.3, 0.4) is 0 Å². The normalized spacial score (nSPS) is 14.2. The lowest BCUT2D eigenvalue weighted by Crippen LogP contribution is -2.49. The Morgan fingerprint density at radius 3 is 2.21 bits per heavy atom. The first kappa shape index (κ1) is 22.7. The molecule has 1 amide bonds. The second-order valence-corrected chi connectivity index (χ2v) is 9.86. The number of carbonyl (C=O) groups excluding carboxylic acids is 1. The van der Waals surface area contributed by atoms with Crippen LogP contribution >= 0.6 is 0 Å². The summed E-state index contributed by atoms with van der Waals surface area (Å²) in [5, 5.41) is 8.69. The van der Waals surface area contributed by atoms with Gasteiger partial charge in [-0.25, -0.2) is 8.42 Å². The molecule has 2 heterocycles. The zero-order valence-corrected chi connectivity index (χ0v) is 19.2. The number of anilines is 1. The number of sulfone groups is 1. The quantitative estimate of drug-likeness (QED) is 0.529. The summed E-state index contributed by atoms with van der Waals surface area (Å²) < 4.78 is 30.0. The fraction of sp³-hybridized carbons (Fsp3) is 0.292. The monoisotopic (exact) mass is 466 g/mol. The molecule has 33 heavy (non-hydrogen) atoms. The van der Waals surface area contributed by atoms with Gasteiger partial charge in [0.25, 0.3) is 0 Å². The van der Waals surface area contributed by atoms with Crippen LogP contribution in [0.25, 0.3) is 11.3 Å². The van der Waals surface area contributed by atoms with Crippen molar-refractivity contribution in [2.75, 3.05) is 43.9 Å². The molecule has 8 nitrogen and oxygen atoms in total. The lowest BCUT2D eigenvalue weighted by molar-refractivity contribution is -0.131. The first-order chi connectivity index (χ1) is 16.0. The number of hydrogen-bond acceptors (Lipinski definition) is 7. The van der Waals surface area contributed by atoms with Gasteiger partial charge >= 0.3 is 0 Å². The number of carbonyl (C=O) groups is 1. The maximum atomic E-state index is 12.6. The van der Waals surface area contributed by atoms with E-state index >= 15 is 0 Å². The zero-order valence-electron chi connectivity index (χ0n) is 18.4. The predicted octanol–water partition coefficient (Wildman–Crippen LogP) is 2.66. The Morgan fingerprint density at radius 2 is 1.61 bits per heavy atom. The standard InChI is InChI=1S/C24H26N4O4S/c1-32-20-9-7-19(8-10-20)22-11-12-23(26-25-22)27-14-16-28(17-15-27)24(29)13-18-33(30,31)21-5-3-2-4-6-21/h2-12H,13-18H2,1H3. The largest absolute Gasteiger partial charge is 0.497 e. The van der Waals surface area contributed by atoms with Crippen LogP contribution in [0.4, 0.5) is 5.82 Å². The third-order valence-electron chi connectivity index (χ3n) is 5.68. The summed E-state index contributed by atoms with van der Waals surface area (Å²) in [6, 6.07) is 19.7. The molecule has 0 N–H and O–H groups in total. The van der Waals surface area contributed by atoms with Gasteiger partial charge in [0.15, 0.2) is 15.7 Å². The second-order valence-electron chi connectivity index (χ2n) is 7.76. The summed E-state index contributed by atoms with van der Waals surface area (Å²) in [5.74, 6) is 1.21. The lowest BCUT2D eigenvalue weighted by atomic mass is 10.1. The highest BCUT2D eigenvalue weighted by atomic mass is 32.2. The number of amides is 1. The Morgan fingerprint density at radius 1 is 0.909 bits per heavy atom. The van der Waals surface area contributed by atoms with Crippen LogP contribution < -0.4 is 9.64 Å². The van der Waals surface area contributed by atoms with Gasteiger partial charge in [-0.3, -0.25) is 4.79 Å². The van der Waals surface area contributed by atoms with E-state index in [2.05, 4.69) is 15.1 Å². The summed E-state index contributed by atoms with van der Waals surface area (Å²) in [5.41, 5.74) is 1.73. The molecule has 1 fully saturated rings. The molecule has 0 saturated carbocycles. The molecule has 0 atom stereocenters. The van der Waals surface area contributed by atoms with Gasteiger partial charge in [-0.05, 0) is 48.5 Å². The predicted molar refractivity (Wildman–Crippen MR) is 126 cm³/mol. The topological polar surface area (TPSA) is 92.7 Å². The molecule has 0 aliphatic carbocycles. The highest BCUT2D eigenvalue weighted by Gasteiger charge is 2.24. The van der Waals surface area contributed by atoms with Gasteiger partial charge < -0.3 is 14.5 Å². The molecule has 9 heteroatoms. The van der Waals surface area contributed by atoms with E-state index in [9.17, 15) is 13.2 Å². The van der Waals surface area contributed by atoms with E-state index in [1.54, 1.807) is 42.3 Å². The van der Waals surface area contributed by atoms with Crippen molar-refractivity contribution in [2.45, 2.75) is 11.3 Å². The van der Waals surface area contributed by atoms with Gasteiger partial charge in [-0.2, -0.15) is 0 Å². The molecule has 1 aliphatic heterocycles. The maximum Gasteiger partial charge on any atom is 0.223 e. The van der Waals surface area contributed by atoms with Crippen LogP contribution in [0.1, 0.15) is 6.42 Å². The van der Waals surface area contributed by atoms with E-state index in [-0.39, 0.29) is 23.0 Å². The SMILES string of the molecule is COc1ccc(-c2ccc(N3CCN(C(=O)CCS(=O)(=O)c4ccccc4)CC3)nn2)cc1. The number of nitrogens with zero attached hydrogens (tertiary/aromatic N) is 4. The molecule has 172 valence electrons. The minimum Gasteiger partial charge on any atom is -0.497 e. The highest BCUT2D eigenvalue weighted by Crippen LogP contribution is 2.22. The van der Waals surface area contributed by atoms with Gasteiger partial charge in [-0.15, -0.1) is 10.2 Å². The first-order valence-corrected chi connectivity index (χ1v) is 12.4. The Bertz CT molecular complexity index is 1180. The summed E-state index contributed by atoms with van der Waals surface area (Å²) in [6.45, 7) is 2.28. The molecule has 1 aliphatic rings. The minimum atomic E-state index is -3.46.